The molecule has 3 aromatic heterocycles. The fraction of sp³-hybridized carbons (Fsp3) is 0.500. The van der Waals surface area contributed by atoms with Gasteiger partial charge in [0.15, 0.2) is 0 Å². The van der Waals surface area contributed by atoms with Gasteiger partial charge in [0.2, 0.25) is 5.95 Å². The van der Waals surface area contributed by atoms with Gasteiger partial charge in [-0.15, -0.1) is 11.3 Å². The van der Waals surface area contributed by atoms with Gasteiger partial charge >= 0.3 is 0 Å². The van der Waals surface area contributed by atoms with Crippen LogP contribution in [-0.4, -0.2) is 46.4 Å². The van der Waals surface area contributed by atoms with Crippen molar-refractivity contribution in [3.8, 4) is 0 Å². The highest BCUT2D eigenvalue weighted by Crippen LogP contribution is 2.43. The van der Waals surface area contributed by atoms with E-state index in [1.54, 1.807) is 4.90 Å². The Bertz CT molecular complexity index is 1150. The van der Waals surface area contributed by atoms with Crippen LogP contribution in [0.25, 0.3) is 10.2 Å². The minimum Gasteiger partial charge on any atom is -0.344 e. The molecule has 0 radical (unpaired) electrons. The molecule has 1 fully saturated rings. The summed E-state index contributed by atoms with van der Waals surface area (Å²) in [5, 5.41) is 6.67. The summed E-state index contributed by atoms with van der Waals surface area (Å²) in [6.45, 7) is 4.14. The third kappa shape index (κ3) is 4.09. The second-order valence-electron chi connectivity index (χ2n) is 9.26. The van der Waals surface area contributed by atoms with Crippen LogP contribution in [-0.2, 0) is 13.0 Å². The van der Waals surface area contributed by atoms with Crippen LogP contribution >= 0.6 is 11.3 Å². The maximum Gasteiger partial charge on any atom is 0.263 e. The second-order valence-corrected chi connectivity index (χ2v) is 10.3. The van der Waals surface area contributed by atoms with Gasteiger partial charge < -0.3 is 15.5 Å². The van der Waals surface area contributed by atoms with Crippen molar-refractivity contribution >= 4 is 39.2 Å². The fourth-order valence-corrected chi connectivity index (χ4v) is 6.00. The lowest BCUT2D eigenvalue weighted by molar-refractivity contribution is 0.0830. The lowest BCUT2D eigenvalue weighted by Crippen LogP contribution is -2.24. The number of anilines is 2. The number of rotatable bonds is 4. The van der Waals surface area contributed by atoms with Crippen LogP contribution in [0.3, 0.4) is 0 Å². The highest BCUT2D eigenvalue weighted by Gasteiger charge is 2.29. The quantitative estimate of drug-likeness (QED) is 0.610. The molecule has 1 saturated carbocycles. The number of hydrogen-bond acceptors (Lipinski definition) is 7. The van der Waals surface area contributed by atoms with Crippen LogP contribution in [0.5, 0.6) is 0 Å². The molecule has 0 aromatic carbocycles. The third-order valence-corrected chi connectivity index (χ3v) is 7.77. The van der Waals surface area contributed by atoms with Gasteiger partial charge in [0, 0.05) is 44.9 Å². The third-order valence-electron chi connectivity index (χ3n) is 6.65. The highest BCUT2D eigenvalue weighted by molar-refractivity contribution is 7.21. The molecule has 1 aliphatic heterocycles. The van der Waals surface area contributed by atoms with Gasteiger partial charge in [-0.3, -0.25) is 4.79 Å². The van der Waals surface area contributed by atoms with Gasteiger partial charge in [0.1, 0.15) is 5.82 Å². The Morgan fingerprint density at radius 1 is 1.19 bits per heavy atom. The standard InChI is InChI=1S/C24H30N6OS/c1-14-4-6-15(7-5-14)20-21-18(32-22(20)23(31)30(2)3)13-26-24(29-21)28-19-9-8-16-12-25-11-10-17(16)27-19/h8-9,13-15,25H,4-7,10-12H2,1-3H3,(H,26,27,28,29)/t14-,15-. The zero-order chi connectivity index (χ0) is 22.2. The number of nitrogens with zero attached hydrogens (tertiary/aromatic N) is 4. The monoisotopic (exact) mass is 450 g/mol. The summed E-state index contributed by atoms with van der Waals surface area (Å²) in [5.74, 6) is 2.47. The molecule has 1 amide bonds. The average Bonchev–Trinajstić information content (AvgIpc) is 3.17. The van der Waals surface area contributed by atoms with Gasteiger partial charge in [-0.2, -0.15) is 0 Å². The molecule has 7 nitrogen and oxygen atoms in total. The SMILES string of the molecule is CN(C)C(=O)c1sc2cnc(Nc3ccc4c(n3)CCNC4)nc2c1[C@H]1CC[C@H](C)CC1. The van der Waals surface area contributed by atoms with Crippen molar-refractivity contribution in [2.75, 3.05) is 26.0 Å². The predicted octanol–water partition coefficient (Wildman–Crippen LogP) is 4.47. The van der Waals surface area contributed by atoms with Crippen molar-refractivity contribution in [2.24, 2.45) is 5.92 Å². The number of carbonyl (C=O) groups excluding carboxylic acids is 1. The minimum atomic E-state index is 0.0566. The van der Waals surface area contributed by atoms with Gasteiger partial charge in [-0.25, -0.2) is 15.0 Å². The molecule has 0 saturated heterocycles. The molecule has 32 heavy (non-hydrogen) atoms. The maximum atomic E-state index is 13.0. The Labute approximate surface area is 192 Å². The number of nitrogens with one attached hydrogen (secondary N) is 2. The smallest absolute Gasteiger partial charge is 0.263 e. The van der Waals surface area contributed by atoms with Crippen LogP contribution in [0.15, 0.2) is 18.3 Å². The normalized spacial score (nSPS) is 20.7. The van der Waals surface area contributed by atoms with Crippen LogP contribution in [0.1, 0.15) is 65.0 Å². The number of carbonyl (C=O) groups is 1. The number of aromatic nitrogens is 3. The van der Waals surface area contributed by atoms with Gasteiger partial charge in [-0.05, 0) is 36.3 Å². The predicted molar refractivity (Wildman–Crippen MR) is 129 cm³/mol. The van der Waals surface area contributed by atoms with Crippen LogP contribution in [0.4, 0.5) is 11.8 Å². The van der Waals surface area contributed by atoms with Crippen LogP contribution in [0.2, 0.25) is 0 Å². The zero-order valence-corrected chi connectivity index (χ0v) is 19.8. The Kier molecular flexibility index (Phi) is 5.82. The van der Waals surface area contributed by atoms with Gasteiger partial charge in [-0.1, -0.05) is 25.8 Å². The summed E-state index contributed by atoms with van der Waals surface area (Å²) >= 11 is 1.52. The van der Waals surface area contributed by atoms with Crippen molar-refractivity contribution in [2.45, 2.75) is 51.5 Å². The molecular weight excluding hydrogens is 420 g/mol. The first-order valence-electron chi connectivity index (χ1n) is 11.5. The molecule has 4 heterocycles. The lowest BCUT2D eigenvalue weighted by Gasteiger charge is -2.27. The molecule has 5 rings (SSSR count). The Morgan fingerprint density at radius 2 is 2.00 bits per heavy atom. The Hall–Kier alpha value is -2.58. The van der Waals surface area contributed by atoms with E-state index in [9.17, 15) is 4.79 Å². The molecule has 1 aliphatic carbocycles. The van der Waals surface area contributed by atoms with Crippen molar-refractivity contribution in [1.29, 1.82) is 0 Å². The molecule has 2 N–H and O–H groups in total. The Balaban J connectivity index is 1.52. The van der Waals surface area contributed by atoms with Gasteiger partial charge in [0.05, 0.1) is 21.3 Å². The first-order chi connectivity index (χ1) is 15.5. The molecular formula is C24H30N6OS. The van der Waals surface area contributed by atoms with Gasteiger partial charge in [0.25, 0.3) is 5.91 Å². The number of pyridine rings is 1. The first kappa shape index (κ1) is 21.3. The summed E-state index contributed by atoms with van der Waals surface area (Å²) in [6.07, 6.45) is 7.37. The molecule has 0 bridgehead atoms. The minimum absolute atomic E-state index is 0.0566. The summed E-state index contributed by atoms with van der Waals surface area (Å²) in [5.41, 5.74) is 4.41. The van der Waals surface area contributed by atoms with Crippen molar-refractivity contribution in [3.63, 3.8) is 0 Å². The summed E-state index contributed by atoms with van der Waals surface area (Å²) in [7, 11) is 3.63. The average molecular weight is 451 g/mol. The zero-order valence-electron chi connectivity index (χ0n) is 18.9. The number of amides is 1. The fourth-order valence-electron chi connectivity index (χ4n) is 4.78. The lowest BCUT2D eigenvalue weighted by atomic mass is 9.79. The highest BCUT2D eigenvalue weighted by atomic mass is 32.1. The second kappa shape index (κ2) is 8.75. The van der Waals surface area contributed by atoms with E-state index in [1.807, 2.05) is 26.4 Å². The van der Waals surface area contributed by atoms with E-state index in [1.165, 1.54) is 29.7 Å². The summed E-state index contributed by atoms with van der Waals surface area (Å²) in [4.78, 5) is 29.7. The van der Waals surface area contributed by atoms with Crippen molar-refractivity contribution in [1.82, 2.24) is 25.2 Å². The van der Waals surface area contributed by atoms with Crippen LogP contribution in [0, 0.1) is 5.92 Å². The van der Waals surface area contributed by atoms with E-state index >= 15 is 0 Å². The van der Waals surface area contributed by atoms with E-state index in [4.69, 9.17) is 9.97 Å². The first-order valence-corrected chi connectivity index (χ1v) is 12.3. The van der Waals surface area contributed by atoms with Crippen molar-refractivity contribution < 1.29 is 4.79 Å². The molecule has 2 aliphatic rings. The molecule has 3 aromatic rings. The number of thiophene rings is 1. The maximum absolute atomic E-state index is 13.0. The van der Waals surface area contributed by atoms with Crippen LogP contribution < -0.4 is 10.6 Å². The Morgan fingerprint density at radius 3 is 2.78 bits per heavy atom. The molecule has 0 unspecified atom stereocenters. The van der Waals surface area contributed by atoms with E-state index in [0.29, 0.717) is 11.9 Å². The largest absolute Gasteiger partial charge is 0.344 e. The van der Waals surface area contributed by atoms with E-state index in [2.05, 4.69) is 28.6 Å². The molecule has 0 atom stereocenters. The number of fused-ring (bicyclic) bond motifs is 2. The van der Waals surface area contributed by atoms with E-state index < -0.39 is 0 Å². The van der Waals surface area contributed by atoms with E-state index in [-0.39, 0.29) is 5.91 Å². The topological polar surface area (TPSA) is 83.0 Å². The summed E-state index contributed by atoms with van der Waals surface area (Å²) in [6, 6.07) is 4.10. The van der Waals surface area contributed by atoms with Crippen molar-refractivity contribution in [3.05, 3.63) is 40.0 Å². The summed E-state index contributed by atoms with van der Waals surface area (Å²) < 4.78 is 0.971. The number of hydrogen-bond donors (Lipinski definition) is 2. The van der Waals surface area contributed by atoms with E-state index in [0.717, 1.165) is 70.4 Å². The molecule has 168 valence electrons. The molecule has 8 heteroatoms. The molecule has 0 spiro atoms.